The third-order valence-electron chi connectivity index (χ3n) is 1.66. The molecule has 1 aromatic heterocycles. The zero-order valence-corrected chi connectivity index (χ0v) is 11.1. The molecule has 0 amide bonds. The van der Waals surface area contributed by atoms with Gasteiger partial charge in [0.15, 0.2) is 0 Å². The van der Waals surface area contributed by atoms with Gasteiger partial charge < -0.3 is 0 Å². The molecule has 1 heterocycles. The lowest BCUT2D eigenvalue weighted by Crippen LogP contribution is -2.06. The highest BCUT2D eigenvalue weighted by Crippen LogP contribution is 2.33. The molecule has 1 rings (SSSR count). The van der Waals surface area contributed by atoms with Gasteiger partial charge in [0.05, 0.1) is 11.3 Å². The Bertz CT molecular complexity index is 492. The van der Waals surface area contributed by atoms with Crippen molar-refractivity contribution >= 4 is 42.3 Å². The van der Waals surface area contributed by atoms with E-state index in [9.17, 15) is 17.2 Å². The fourth-order valence-electron chi connectivity index (χ4n) is 1.10. The predicted molar refractivity (Wildman–Crippen MR) is 59.7 cm³/mol. The largest absolute Gasteiger partial charge is 0.266 e. The van der Waals surface area contributed by atoms with Gasteiger partial charge in [-0.2, -0.15) is 0 Å². The van der Waals surface area contributed by atoms with Crippen molar-refractivity contribution in [3.8, 4) is 0 Å². The van der Waals surface area contributed by atoms with Crippen molar-refractivity contribution in [2.24, 2.45) is 0 Å². The normalized spacial score (nSPS) is 12.1. The SMILES string of the molecule is Cc1ncc(I)c(C(F)F)c1S(=O)(=O)Cl. The number of aryl methyl sites for hydroxylation is 1. The van der Waals surface area contributed by atoms with Crippen molar-refractivity contribution < 1.29 is 17.2 Å². The van der Waals surface area contributed by atoms with Crippen molar-refractivity contribution in [3.63, 3.8) is 0 Å². The molecule has 8 heteroatoms. The maximum Gasteiger partial charge on any atom is 0.266 e. The molecule has 1 aromatic rings. The summed E-state index contributed by atoms with van der Waals surface area (Å²) in [6, 6.07) is 0. The number of alkyl halides is 2. The fourth-order valence-corrected chi connectivity index (χ4v) is 3.38. The number of pyridine rings is 1. The van der Waals surface area contributed by atoms with Crippen LogP contribution in [0.4, 0.5) is 8.78 Å². The van der Waals surface area contributed by atoms with Crippen LogP contribution in [0.5, 0.6) is 0 Å². The van der Waals surface area contributed by atoms with Crippen LogP contribution in [0.15, 0.2) is 11.1 Å². The summed E-state index contributed by atoms with van der Waals surface area (Å²) in [6.07, 6.45) is -1.72. The second-order valence-corrected chi connectivity index (χ2v) is 6.34. The second-order valence-electron chi connectivity index (χ2n) is 2.67. The lowest BCUT2D eigenvalue weighted by molar-refractivity contribution is 0.146. The van der Waals surface area contributed by atoms with E-state index in [0.717, 1.165) is 0 Å². The van der Waals surface area contributed by atoms with E-state index in [1.807, 2.05) is 0 Å². The highest BCUT2D eigenvalue weighted by atomic mass is 127. The van der Waals surface area contributed by atoms with Gasteiger partial charge in [0.2, 0.25) is 0 Å². The van der Waals surface area contributed by atoms with E-state index in [0.29, 0.717) is 0 Å². The van der Waals surface area contributed by atoms with Gasteiger partial charge in [-0.3, -0.25) is 4.98 Å². The Morgan fingerprint density at radius 3 is 2.40 bits per heavy atom. The first-order chi connectivity index (χ1) is 6.75. The number of rotatable bonds is 2. The molecule has 0 saturated heterocycles. The van der Waals surface area contributed by atoms with E-state index in [-0.39, 0.29) is 9.26 Å². The molecule has 0 aliphatic heterocycles. The van der Waals surface area contributed by atoms with E-state index in [4.69, 9.17) is 10.7 Å². The summed E-state index contributed by atoms with van der Waals surface area (Å²) in [7, 11) is 0.874. The van der Waals surface area contributed by atoms with Crippen LogP contribution in [0.1, 0.15) is 17.7 Å². The van der Waals surface area contributed by atoms with Crippen molar-refractivity contribution in [3.05, 3.63) is 21.0 Å². The van der Waals surface area contributed by atoms with Crippen molar-refractivity contribution in [2.45, 2.75) is 18.2 Å². The lowest BCUT2D eigenvalue weighted by Gasteiger charge is -2.10. The highest BCUT2D eigenvalue weighted by Gasteiger charge is 2.27. The maximum atomic E-state index is 12.6. The van der Waals surface area contributed by atoms with E-state index in [2.05, 4.69) is 4.98 Å². The first kappa shape index (κ1) is 13.0. The van der Waals surface area contributed by atoms with Gasteiger partial charge in [0.25, 0.3) is 15.5 Å². The first-order valence-electron chi connectivity index (χ1n) is 3.63. The van der Waals surface area contributed by atoms with Crippen molar-refractivity contribution in [1.29, 1.82) is 0 Å². The summed E-state index contributed by atoms with van der Waals surface area (Å²) in [5.74, 6) is 0. The molecule has 0 aromatic carbocycles. The van der Waals surface area contributed by atoms with Gasteiger partial charge in [-0.1, -0.05) is 0 Å². The molecule has 0 spiro atoms. The lowest BCUT2D eigenvalue weighted by atomic mass is 10.2. The Hall–Kier alpha value is -0.0200. The third kappa shape index (κ3) is 2.76. The minimum absolute atomic E-state index is 0.0271. The van der Waals surface area contributed by atoms with E-state index in [1.165, 1.54) is 13.1 Å². The van der Waals surface area contributed by atoms with Crippen LogP contribution in [-0.2, 0) is 9.05 Å². The molecule has 0 unspecified atom stereocenters. The first-order valence-corrected chi connectivity index (χ1v) is 7.01. The molecule has 84 valence electrons. The van der Waals surface area contributed by atoms with Gasteiger partial charge in [-0.05, 0) is 29.5 Å². The van der Waals surface area contributed by atoms with Crippen LogP contribution in [0, 0.1) is 10.5 Å². The molecule has 0 fully saturated rings. The van der Waals surface area contributed by atoms with Gasteiger partial charge in [-0.15, -0.1) is 0 Å². The van der Waals surface area contributed by atoms with Crippen molar-refractivity contribution in [1.82, 2.24) is 4.98 Å². The van der Waals surface area contributed by atoms with Gasteiger partial charge in [0, 0.05) is 20.4 Å². The van der Waals surface area contributed by atoms with E-state index >= 15 is 0 Å². The Morgan fingerprint density at radius 1 is 1.53 bits per heavy atom. The number of aromatic nitrogens is 1. The molecule has 3 nitrogen and oxygen atoms in total. The molecule has 0 aliphatic carbocycles. The summed E-state index contributed by atoms with van der Waals surface area (Å²) >= 11 is 1.59. The number of hydrogen-bond donors (Lipinski definition) is 0. The fraction of sp³-hybridized carbons (Fsp3) is 0.286. The molecule has 0 aliphatic rings. The Balaban J connectivity index is 3.68. The average molecular weight is 368 g/mol. The topological polar surface area (TPSA) is 47.0 Å². The zero-order chi connectivity index (χ0) is 11.8. The zero-order valence-electron chi connectivity index (χ0n) is 7.34. The summed E-state index contributed by atoms with van der Waals surface area (Å²) in [6.45, 7) is 1.32. The van der Waals surface area contributed by atoms with E-state index in [1.54, 1.807) is 22.6 Å². The molecule has 0 atom stereocenters. The quantitative estimate of drug-likeness (QED) is 0.596. The minimum Gasteiger partial charge on any atom is -0.259 e. The van der Waals surface area contributed by atoms with Crippen LogP contribution in [0.3, 0.4) is 0 Å². The average Bonchev–Trinajstić information content (AvgIpc) is 2.05. The second kappa shape index (κ2) is 4.46. The molecular weight excluding hydrogens is 363 g/mol. The van der Waals surface area contributed by atoms with Crippen LogP contribution in [-0.4, -0.2) is 13.4 Å². The minimum atomic E-state index is -4.21. The maximum absolute atomic E-state index is 12.6. The summed E-state index contributed by atoms with van der Waals surface area (Å²) in [5, 5.41) is 0. The van der Waals surface area contributed by atoms with Gasteiger partial charge >= 0.3 is 0 Å². The molecule has 0 N–H and O–H groups in total. The van der Waals surface area contributed by atoms with Crippen LogP contribution >= 0.6 is 33.3 Å². The number of nitrogens with zero attached hydrogens (tertiary/aromatic N) is 1. The predicted octanol–water partition coefficient (Wildman–Crippen LogP) is 2.86. The monoisotopic (exact) mass is 367 g/mol. The summed E-state index contributed by atoms with van der Waals surface area (Å²) in [4.78, 5) is 3.09. The number of hydrogen-bond acceptors (Lipinski definition) is 3. The van der Waals surface area contributed by atoms with Crippen LogP contribution < -0.4 is 0 Å². The Kier molecular flexibility index (Phi) is 3.88. The molecule has 15 heavy (non-hydrogen) atoms. The highest BCUT2D eigenvalue weighted by molar-refractivity contribution is 14.1. The third-order valence-corrected chi connectivity index (χ3v) is 3.99. The Labute approximate surface area is 103 Å². The van der Waals surface area contributed by atoms with E-state index < -0.39 is 25.9 Å². The molecule has 0 radical (unpaired) electrons. The van der Waals surface area contributed by atoms with Gasteiger partial charge in [-0.25, -0.2) is 17.2 Å². The Morgan fingerprint density at radius 2 is 2.07 bits per heavy atom. The van der Waals surface area contributed by atoms with Crippen LogP contribution in [0.2, 0.25) is 0 Å². The smallest absolute Gasteiger partial charge is 0.259 e. The summed E-state index contributed by atoms with van der Waals surface area (Å²) in [5.41, 5.74) is -0.612. The summed E-state index contributed by atoms with van der Waals surface area (Å²) < 4.78 is 47.6. The van der Waals surface area contributed by atoms with Gasteiger partial charge in [0.1, 0.15) is 4.90 Å². The number of halogens is 4. The molecule has 0 bridgehead atoms. The van der Waals surface area contributed by atoms with Crippen LogP contribution in [0.25, 0.3) is 0 Å². The molecular formula is C7H5ClF2INO2S. The standard InChI is InChI=1S/C7H5ClF2INO2S/c1-3-6(15(8,13)14)5(7(9)10)4(11)2-12-3/h2,7H,1H3. The molecule has 0 saturated carbocycles. The van der Waals surface area contributed by atoms with Crippen molar-refractivity contribution in [2.75, 3.05) is 0 Å².